The van der Waals surface area contributed by atoms with Crippen LogP contribution in [0.1, 0.15) is 28.2 Å². The van der Waals surface area contributed by atoms with Crippen molar-refractivity contribution in [3.8, 4) is 0 Å². The number of carbonyl (C=O) groups is 2. The number of piperazine rings is 1. The number of benzene rings is 1. The molecule has 2 aromatic rings. The van der Waals surface area contributed by atoms with Crippen molar-refractivity contribution < 1.29 is 9.59 Å². The van der Waals surface area contributed by atoms with Crippen molar-refractivity contribution >= 4 is 28.9 Å². The molecule has 7 nitrogen and oxygen atoms in total. The van der Waals surface area contributed by atoms with E-state index in [9.17, 15) is 9.59 Å². The Hall–Kier alpha value is -2.64. The molecule has 0 spiro atoms. The van der Waals surface area contributed by atoms with E-state index in [1.807, 2.05) is 49.7 Å². The minimum absolute atomic E-state index is 0.0165. The van der Waals surface area contributed by atoms with E-state index in [0.29, 0.717) is 23.5 Å². The molecule has 1 saturated heterocycles. The summed E-state index contributed by atoms with van der Waals surface area (Å²) >= 11 is 0. The number of nitrogens with one attached hydrogen (secondary N) is 1. The Bertz CT molecular complexity index is 956. The molecule has 0 bridgehead atoms. The largest absolute Gasteiger partial charge is 0.342 e. The normalized spacial score (nSPS) is 17.5. The molecule has 4 rings (SSSR count). The lowest BCUT2D eigenvalue weighted by Gasteiger charge is -2.32. The summed E-state index contributed by atoms with van der Waals surface area (Å²) in [5.74, 6) is -0.164. The lowest BCUT2D eigenvalue weighted by Crippen LogP contribution is -2.45. The highest BCUT2D eigenvalue weighted by Gasteiger charge is 2.34. The summed E-state index contributed by atoms with van der Waals surface area (Å²) in [7, 11) is 4.01. The Labute approximate surface area is 171 Å². The zero-order chi connectivity index (χ0) is 20.7. The number of amides is 2. The van der Waals surface area contributed by atoms with Gasteiger partial charge in [0, 0.05) is 51.9 Å². The van der Waals surface area contributed by atoms with Crippen LogP contribution in [0.15, 0.2) is 24.3 Å². The molecule has 2 aliphatic rings. The summed E-state index contributed by atoms with van der Waals surface area (Å²) in [6.07, 6.45) is 0.416. The van der Waals surface area contributed by atoms with Crippen molar-refractivity contribution in [2.24, 2.45) is 7.05 Å². The van der Waals surface area contributed by atoms with Gasteiger partial charge in [-0.25, -0.2) is 0 Å². The summed E-state index contributed by atoms with van der Waals surface area (Å²) in [6, 6.07) is 7.53. The van der Waals surface area contributed by atoms with Gasteiger partial charge in [0.1, 0.15) is 5.69 Å². The quantitative estimate of drug-likeness (QED) is 0.868. The number of nitrogens with zero attached hydrogens (tertiary/aromatic N) is 4. The fraction of sp³-hybridized carbons (Fsp3) is 0.455. The van der Waals surface area contributed by atoms with Crippen molar-refractivity contribution in [3.05, 3.63) is 41.2 Å². The average Bonchev–Trinajstić information content (AvgIpc) is 2.86. The highest BCUT2D eigenvalue weighted by Crippen LogP contribution is 2.41. The molecule has 0 aliphatic carbocycles. The standard InChI is InChI=1S/C22H29N5O2/c1-15-16(2)25(4)21-20(15)27(18-8-6-5-7-17(18)23-22(21)29)19(28)9-10-26-13-11-24(3)12-14-26/h5-8H,9-14H2,1-4H3,(H,23,29). The number of carbonyl (C=O) groups excluding carboxylic acids is 2. The first-order valence-corrected chi connectivity index (χ1v) is 10.2. The maximum absolute atomic E-state index is 13.5. The number of rotatable bonds is 3. The lowest BCUT2D eigenvalue weighted by molar-refractivity contribution is -0.118. The van der Waals surface area contributed by atoms with Crippen LogP contribution in [0, 0.1) is 13.8 Å². The van der Waals surface area contributed by atoms with Gasteiger partial charge in [0.15, 0.2) is 0 Å². The predicted octanol–water partition coefficient (Wildman–Crippen LogP) is 2.51. The monoisotopic (exact) mass is 395 g/mol. The fourth-order valence-electron chi connectivity index (χ4n) is 4.23. The third-order valence-electron chi connectivity index (χ3n) is 6.28. The van der Waals surface area contributed by atoms with Gasteiger partial charge in [0.25, 0.3) is 5.91 Å². The van der Waals surface area contributed by atoms with Crippen LogP contribution >= 0.6 is 0 Å². The van der Waals surface area contributed by atoms with Gasteiger partial charge in [-0.2, -0.15) is 0 Å². The first-order valence-electron chi connectivity index (χ1n) is 10.2. The summed E-state index contributed by atoms with van der Waals surface area (Å²) in [5.41, 5.74) is 4.58. The number of fused-ring (bicyclic) bond motifs is 2. The van der Waals surface area contributed by atoms with E-state index in [1.54, 1.807) is 4.90 Å². The second-order valence-electron chi connectivity index (χ2n) is 8.06. The maximum atomic E-state index is 13.5. The number of hydrogen-bond acceptors (Lipinski definition) is 4. The molecule has 3 heterocycles. The van der Waals surface area contributed by atoms with Crippen LogP contribution in [0.25, 0.3) is 0 Å². The van der Waals surface area contributed by atoms with Crippen molar-refractivity contribution in [1.29, 1.82) is 0 Å². The van der Waals surface area contributed by atoms with E-state index in [2.05, 4.69) is 22.2 Å². The van der Waals surface area contributed by atoms with E-state index < -0.39 is 0 Å². The molecule has 1 aromatic heterocycles. The Morgan fingerprint density at radius 2 is 1.76 bits per heavy atom. The molecule has 0 atom stereocenters. The molecule has 29 heavy (non-hydrogen) atoms. The predicted molar refractivity (Wildman–Crippen MR) is 115 cm³/mol. The number of hydrogen-bond donors (Lipinski definition) is 1. The Morgan fingerprint density at radius 3 is 2.48 bits per heavy atom. The van der Waals surface area contributed by atoms with Gasteiger partial charge >= 0.3 is 0 Å². The summed E-state index contributed by atoms with van der Waals surface area (Å²) < 4.78 is 1.88. The van der Waals surface area contributed by atoms with E-state index in [4.69, 9.17) is 0 Å². The second-order valence-corrected chi connectivity index (χ2v) is 8.06. The number of anilines is 3. The molecule has 0 radical (unpaired) electrons. The van der Waals surface area contributed by atoms with Gasteiger partial charge in [-0.1, -0.05) is 12.1 Å². The van der Waals surface area contributed by atoms with Gasteiger partial charge in [0.05, 0.1) is 17.1 Å². The van der Waals surface area contributed by atoms with Gasteiger partial charge in [0.2, 0.25) is 5.91 Å². The highest BCUT2D eigenvalue weighted by molar-refractivity contribution is 6.17. The first-order chi connectivity index (χ1) is 13.9. The van der Waals surface area contributed by atoms with Gasteiger partial charge < -0.3 is 19.7 Å². The topological polar surface area (TPSA) is 60.8 Å². The second kappa shape index (κ2) is 7.65. The molecule has 154 valence electrons. The summed E-state index contributed by atoms with van der Waals surface area (Å²) in [6.45, 7) is 8.71. The van der Waals surface area contributed by atoms with Gasteiger partial charge in [-0.3, -0.25) is 14.5 Å². The number of para-hydroxylation sites is 2. The van der Waals surface area contributed by atoms with E-state index >= 15 is 0 Å². The SMILES string of the molecule is Cc1c2c(n(C)c1C)C(=O)Nc1ccccc1N2C(=O)CCN1CCN(C)CC1. The molecule has 2 amide bonds. The van der Waals surface area contributed by atoms with Crippen LogP contribution in [0.5, 0.6) is 0 Å². The van der Waals surface area contributed by atoms with Crippen LogP contribution in [0.3, 0.4) is 0 Å². The molecular weight excluding hydrogens is 366 g/mol. The number of likely N-dealkylation sites (N-methyl/N-ethyl adjacent to an activating group) is 1. The summed E-state index contributed by atoms with van der Waals surface area (Å²) in [4.78, 5) is 32.9. The molecule has 0 saturated carbocycles. The van der Waals surface area contributed by atoms with Crippen molar-refractivity contribution in [3.63, 3.8) is 0 Å². The molecule has 0 unspecified atom stereocenters. The zero-order valence-corrected chi connectivity index (χ0v) is 17.7. The average molecular weight is 396 g/mol. The minimum atomic E-state index is -0.180. The Morgan fingerprint density at radius 1 is 1.07 bits per heavy atom. The Balaban J connectivity index is 1.70. The first kappa shape index (κ1) is 19.7. The van der Waals surface area contributed by atoms with Gasteiger partial charge in [-0.05, 0) is 38.6 Å². The molecule has 1 aromatic carbocycles. The van der Waals surface area contributed by atoms with Crippen molar-refractivity contribution in [2.45, 2.75) is 20.3 Å². The van der Waals surface area contributed by atoms with Crippen LogP contribution in [0.4, 0.5) is 17.1 Å². The van der Waals surface area contributed by atoms with Crippen molar-refractivity contribution in [2.75, 3.05) is 50.0 Å². The minimum Gasteiger partial charge on any atom is -0.342 e. The van der Waals surface area contributed by atoms with E-state index in [0.717, 1.165) is 49.7 Å². The van der Waals surface area contributed by atoms with Crippen LogP contribution in [-0.4, -0.2) is 66.0 Å². The lowest BCUT2D eigenvalue weighted by atomic mass is 10.1. The van der Waals surface area contributed by atoms with Crippen LogP contribution in [0.2, 0.25) is 0 Å². The molecule has 2 aliphatic heterocycles. The molecule has 1 N–H and O–H groups in total. The Kier molecular flexibility index (Phi) is 5.19. The van der Waals surface area contributed by atoms with E-state index in [1.165, 1.54) is 0 Å². The molecule has 1 fully saturated rings. The molecular formula is C22H29N5O2. The maximum Gasteiger partial charge on any atom is 0.274 e. The van der Waals surface area contributed by atoms with Crippen LogP contribution in [-0.2, 0) is 11.8 Å². The third kappa shape index (κ3) is 3.45. The van der Waals surface area contributed by atoms with E-state index in [-0.39, 0.29) is 11.8 Å². The highest BCUT2D eigenvalue weighted by atomic mass is 16.2. The van der Waals surface area contributed by atoms with Crippen LogP contribution < -0.4 is 10.2 Å². The number of aromatic nitrogens is 1. The zero-order valence-electron chi connectivity index (χ0n) is 17.7. The molecule has 7 heteroatoms. The fourth-order valence-corrected chi connectivity index (χ4v) is 4.23. The van der Waals surface area contributed by atoms with Gasteiger partial charge in [-0.15, -0.1) is 0 Å². The third-order valence-corrected chi connectivity index (χ3v) is 6.28. The smallest absolute Gasteiger partial charge is 0.274 e. The van der Waals surface area contributed by atoms with Crippen molar-refractivity contribution in [1.82, 2.24) is 14.4 Å². The summed E-state index contributed by atoms with van der Waals surface area (Å²) in [5, 5.41) is 2.99.